The van der Waals surface area contributed by atoms with Crippen LogP contribution in [0.15, 0.2) is 12.3 Å². The number of aliphatic hydroxyl groups excluding tert-OH is 1. The van der Waals surface area contributed by atoms with Crippen molar-refractivity contribution in [1.82, 2.24) is 9.88 Å². The molecule has 0 spiro atoms. The number of piperidine rings is 1. The highest BCUT2D eigenvalue weighted by Gasteiger charge is 2.35. The maximum absolute atomic E-state index is 12.0. The summed E-state index contributed by atoms with van der Waals surface area (Å²) in [5.74, 6) is 0.113. The molecule has 3 rings (SSSR count). The van der Waals surface area contributed by atoms with Crippen molar-refractivity contribution < 1.29 is 9.90 Å². The van der Waals surface area contributed by atoms with Crippen LogP contribution < -0.4 is 5.32 Å². The molecule has 2 aliphatic rings. The first-order valence-electron chi connectivity index (χ1n) is 7.13. The van der Waals surface area contributed by atoms with Gasteiger partial charge < -0.3 is 15.0 Å². The number of hydrogen-bond acceptors (Lipinski definition) is 2. The summed E-state index contributed by atoms with van der Waals surface area (Å²) in [4.78, 5) is 12.0. The number of rotatable bonds is 1. The molecule has 2 atom stereocenters. The molecule has 2 unspecified atom stereocenters. The summed E-state index contributed by atoms with van der Waals surface area (Å²) in [5.41, 5.74) is 2.25. The molecule has 1 aliphatic carbocycles. The van der Waals surface area contributed by atoms with Crippen molar-refractivity contribution in [1.29, 1.82) is 0 Å². The van der Waals surface area contributed by atoms with Crippen molar-refractivity contribution in [3.05, 3.63) is 23.5 Å². The Labute approximate surface area is 113 Å². The number of hydrogen-bond donors (Lipinski definition) is 2. The van der Waals surface area contributed by atoms with Gasteiger partial charge in [-0.2, -0.15) is 0 Å². The summed E-state index contributed by atoms with van der Waals surface area (Å²) in [6.07, 6.45) is 5.22. The minimum atomic E-state index is -0.397. The molecule has 4 nitrogen and oxygen atoms in total. The van der Waals surface area contributed by atoms with Crippen LogP contribution in [-0.4, -0.2) is 22.1 Å². The fourth-order valence-corrected chi connectivity index (χ4v) is 3.46. The normalized spacial score (nSPS) is 29.7. The van der Waals surface area contributed by atoms with Gasteiger partial charge in [-0.1, -0.05) is 13.8 Å². The first kappa shape index (κ1) is 12.7. The molecule has 1 fully saturated rings. The predicted molar refractivity (Wildman–Crippen MR) is 72.8 cm³/mol. The molecule has 0 aromatic carbocycles. The maximum atomic E-state index is 12.0. The highest BCUT2D eigenvalue weighted by atomic mass is 16.3. The van der Waals surface area contributed by atoms with Crippen LogP contribution in [0, 0.1) is 5.41 Å². The van der Waals surface area contributed by atoms with Gasteiger partial charge in [-0.25, -0.2) is 0 Å². The topological polar surface area (TPSA) is 54.3 Å². The van der Waals surface area contributed by atoms with Crippen LogP contribution in [0.4, 0.5) is 0 Å². The van der Waals surface area contributed by atoms with Crippen molar-refractivity contribution >= 4 is 5.91 Å². The Morgan fingerprint density at radius 1 is 1.47 bits per heavy atom. The highest BCUT2D eigenvalue weighted by Crippen LogP contribution is 2.42. The van der Waals surface area contributed by atoms with E-state index in [4.69, 9.17) is 0 Å². The third kappa shape index (κ3) is 2.18. The Hall–Kier alpha value is -1.29. The first-order valence-corrected chi connectivity index (χ1v) is 7.13. The molecular weight excluding hydrogens is 240 g/mol. The van der Waals surface area contributed by atoms with Gasteiger partial charge in [-0.3, -0.25) is 4.79 Å². The zero-order chi connectivity index (χ0) is 13.6. The second-order valence-corrected chi connectivity index (χ2v) is 6.64. The van der Waals surface area contributed by atoms with Gasteiger partial charge >= 0.3 is 0 Å². The summed E-state index contributed by atoms with van der Waals surface area (Å²) < 4.78 is 2.09. The second-order valence-electron chi connectivity index (χ2n) is 6.64. The summed E-state index contributed by atoms with van der Waals surface area (Å²) in [5, 5.41) is 13.2. The minimum absolute atomic E-state index is 0.0909. The molecule has 1 aromatic heterocycles. The molecule has 4 heteroatoms. The average Bonchev–Trinajstić information content (AvgIpc) is 2.72. The van der Waals surface area contributed by atoms with Gasteiger partial charge in [-0.05, 0) is 37.2 Å². The van der Waals surface area contributed by atoms with Crippen LogP contribution in [0.25, 0.3) is 0 Å². The summed E-state index contributed by atoms with van der Waals surface area (Å²) in [6.45, 7) is 5.14. The number of nitrogens with one attached hydrogen (secondary N) is 1. The molecule has 1 amide bonds. The van der Waals surface area contributed by atoms with Crippen LogP contribution in [0.1, 0.15) is 56.5 Å². The van der Waals surface area contributed by atoms with Gasteiger partial charge in [0.05, 0.1) is 6.10 Å². The van der Waals surface area contributed by atoms with E-state index in [0.717, 1.165) is 43.5 Å². The lowest BCUT2D eigenvalue weighted by atomic mass is 9.75. The summed E-state index contributed by atoms with van der Waals surface area (Å²) >= 11 is 0. The second kappa shape index (κ2) is 4.37. The smallest absolute Gasteiger partial charge is 0.243 e. The number of amides is 1. The monoisotopic (exact) mass is 262 g/mol. The lowest BCUT2D eigenvalue weighted by molar-refractivity contribution is -0.125. The van der Waals surface area contributed by atoms with Gasteiger partial charge in [0.1, 0.15) is 6.04 Å². The van der Waals surface area contributed by atoms with Crippen molar-refractivity contribution in [3.8, 4) is 0 Å². The van der Waals surface area contributed by atoms with Gasteiger partial charge in [0, 0.05) is 24.0 Å². The van der Waals surface area contributed by atoms with E-state index in [9.17, 15) is 9.90 Å². The Kier molecular flexibility index (Phi) is 2.93. The Balaban J connectivity index is 1.98. The molecule has 19 heavy (non-hydrogen) atoms. The van der Waals surface area contributed by atoms with Crippen LogP contribution in [0.3, 0.4) is 0 Å². The molecule has 1 aromatic rings. The van der Waals surface area contributed by atoms with Crippen molar-refractivity contribution in [2.24, 2.45) is 5.41 Å². The van der Waals surface area contributed by atoms with Crippen molar-refractivity contribution in [3.63, 3.8) is 0 Å². The van der Waals surface area contributed by atoms with Crippen molar-refractivity contribution in [2.75, 3.05) is 6.54 Å². The first-order chi connectivity index (χ1) is 8.98. The third-order valence-corrected chi connectivity index (χ3v) is 4.40. The summed E-state index contributed by atoms with van der Waals surface area (Å²) in [7, 11) is 0. The van der Waals surface area contributed by atoms with Crippen LogP contribution in [0.2, 0.25) is 0 Å². The third-order valence-electron chi connectivity index (χ3n) is 4.40. The molecule has 1 saturated heterocycles. The Morgan fingerprint density at radius 2 is 2.26 bits per heavy atom. The van der Waals surface area contributed by atoms with E-state index in [2.05, 4.69) is 23.7 Å². The molecule has 104 valence electrons. The van der Waals surface area contributed by atoms with E-state index < -0.39 is 6.10 Å². The van der Waals surface area contributed by atoms with E-state index in [-0.39, 0.29) is 17.4 Å². The maximum Gasteiger partial charge on any atom is 0.243 e. The SMILES string of the molecule is CC1(C)Cc2c(ccn2C2CCCNC2=O)C(O)C1. The highest BCUT2D eigenvalue weighted by molar-refractivity contribution is 5.81. The molecule has 0 bridgehead atoms. The Morgan fingerprint density at radius 3 is 3.00 bits per heavy atom. The van der Waals surface area contributed by atoms with Crippen molar-refractivity contribution in [2.45, 2.75) is 51.7 Å². The molecule has 1 aliphatic heterocycles. The molecule has 0 radical (unpaired) electrons. The Bertz CT molecular complexity index is 504. The number of carbonyl (C=O) groups excluding carboxylic acids is 1. The molecule has 0 saturated carbocycles. The standard InChI is InChI=1S/C15H22N2O2/c1-15(2)8-12-10(13(18)9-15)5-7-17(12)11-4-3-6-16-14(11)19/h5,7,11,13,18H,3-4,6,8-9H2,1-2H3,(H,16,19). The van der Waals surface area contributed by atoms with Crippen LogP contribution in [-0.2, 0) is 11.2 Å². The minimum Gasteiger partial charge on any atom is -0.388 e. The van der Waals surface area contributed by atoms with E-state index >= 15 is 0 Å². The number of aliphatic hydroxyl groups is 1. The molecule has 2 N–H and O–H groups in total. The quantitative estimate of drug-likeness (QED) is 0.812. The number of fused-ring (bicyclic) bond motifs is 1. The molecule has 2 heterocycles. The van der Waals surface area contributed by atoms with Gasteiger partial charge in [-0.15, -0.1) is 0 Å². The number of aromatic nitrogens is 1. The van der Waals surface area contributed by atoms with E-state index in [1.165, 1.54) is 0 Å². The van der Waals surface area contributed by atoms with E-state index in [0.29, 0.717) is 0 Å². The zero-order valence-corrected chi connectivity index (χ0v) is 11.6. The van der Waals surface area contributed by atoms with Crippen LogP contribution in [0.5, 0.6) is 0 Å². The van der Waals surface area contributed by atoms with E-state index in [1.807, 2.05) is 12.3 Å². The number of carbonyl (C=O) groups is 1. The van der Waals surface area contributed by atoms with Gasteiger partial charge in [0.25, 0.3) is 0 Å². The van der Waals surface area contributed by atoms with Gasteiger partial charge in [0.2, 0.25) is 5.91 Å². The summed E-state index contributed by atoms with van der Waals surface area (Å²) in [6, 6.07) is 1.88. The fourth-order valence-electron chi connectivity index (χ4n) is 3.46. The van der Waals surface area contributed by atoms with Crippen LogP contribution >= 0.6 is 0 Å². The average molecular weight is 262 g/mol. The number of nitrogens with zero attached hydrogens (tertiary/aromatic N) is 1. The lowest BCUT2D eigenvalue weighted by Crippen LogP contribution is -2.39. The largest absolute Gasteiger partial charge is 0.388 e. The zero-order valence-electron chi connectivity index (χ0n) is 11.6. The van der Waals surface area contributed by atoms with E-state index in [1.54, 1.807) is 0 Å². The molecular formula is C15H22N2O2. The van der Waals surface area contributed by atoms with Gasteiger partial charge in [0.15, 0.2) is 0 Å². The lowest BCUT2D eigenvalue weighted by Gasteiger charge is -2.35. The predicted octanol–water partition coefficient (Wildman–Crippen LogP) is 1.94. The fraction of sp³-hybridized carbons (Fsp3) is 0.667.